The van der Waals surface area contributed by atoms with Gasteiger partial charge in [0.2, 0.25) is 5.91 Å². The van der Waals surface area contributed by atoms with Gasteiger partial charge in [0.05, 0.1) is 51.2 Å². The Labute approximate surface area is 254 Å². The number of carbonyl (C=O) groups is 1. The third-order valence-electron chi connectivity index (χ3n) is 12.4. The molecule has 4 rings (SSSR count). The fraction of sp³-hybridized carbons (Fsp3) is 0.969. The minimum atomic E-state index is -3.93. The zero-order chi connectivity index (χ0) is 31.0. The third kappa shape index (κ3) is 7.53. The van der Waals surface area contributed by atoms with Crippen LogP contribution in [-0.4, -0.2) is 96.5 Å². The van der Waals surface area contributed by atoms with Crippen LogP contribution in [0.25, 0.3) is 0 Å². The molecule has 10 heteroatoms. The maximum Gasteiger partial charge on any atom is 0.265 e. The van der Waals surface area contributed by atoms with Gasteiger partial charge in [0.15, 0.2) is 0 Å². The highest BCUT2D eigenvalue weighted by atomic mass is 32.2. The van der Waals surface area contributed by atoms with Crippen LogP contribution in [0.2, 0.25) is 0 Å². The van der Waals surface area contributed by atoms with Crippen LogP contribution in [-0.2, 0) is 14.9 Å². The van der Waals surface area contributed by atoms with E-state index in [4.69, 9.17) is 4.55 Å². The summed E-state index contributed by atoms with van der Waals surface area (Å²) in [5.74, 6) is 2.51. The number of nitrogens with zero attached hydrogens (tertiary/aromatic N) is 1. The van der Waals surface area contributed by atoms with E-state index < -0.39 is 16.2 Å². The Hall–Kier alpha value is -0.780. The fourth-order valence-electron chi connectivity index (χ4n) is 10.5. The Kier molecular flexibility index (Phi) is 10.8. The van der Waals surface area contributed by atoms with E-state index in [2.05, 4.69) is 26.1 Å². The van der Waals surface area contributed by atoms with Crippen molar-refractivity contribution in [2.45, 2.75) is 103 Å². The highest BCUT2D eigenvalue weighted by Gasteiger charge is 2.63. The van der Waals surface area contributed by atoms with E-state index in [0.717, 1.165) is 57.9 Å². The lowest BCUT2D eigenvalue weighted by molar-refractivity contribution is -0.890. The normalized spacial score (nSPS) is 41.0. The molecule has 0 aromatic carbocycles. The molecule has 0 aromatic rings. The van der Waals surface area contributed by atoms with Gasteiger partial charge < -0.3 is 25.1 Å². The average Bonchev–Trinajstić information content (AvgIpc) is 3.22. The van der Waals surface area contributed by atoms with Crippen LogP contribution in [0.1, 0.15) is 85.0 Å². The number of nitrogens with one attached hydrogen (secondary N) is 1. The van der Waals surface area contributed by atoms with Gasteiger partial charge in [0, 0.05) is 25.8 Å². The highest BCUT2D eigenvalue weighted by Crippen LogP contribution is 2.66. The molecule has 244 valence electrons. The molecule has 1 amide bonds. The monoisotopic (exact) mass is 615 g/mol. The third-order valence-corrected chi connectivity index (χ3v) is 13.2. The maximum atomic E-state index is 12.7. The molecule has 0 aromatic heterocycles. The van der Waals surface area contributed by atoms with Gasteiger partial charge in [0.1, 0.15) is 0 Å². The van der Waals surface area contributed by atoms with Crippen molar-refractivity contribution in [1.29, 1.82) is 0 Å². The molecule has 4 aliphatic carbocycles. The number of aliphatic hydroxyl groups is 3. The van der Waals surface area contributed by atoms with E-state index in [0.29, 0.717) is 71.8 Å². The molecular formula is C32H59N2O7S+. The number of hydrogen-bond donors (Lipinski definition) is 5. The second-order valence-corrected chi connectivity index (χ2v) is 17.2. The first-order valence-electron chi connectivity index (χ1n) is 16.6. The van der Waals surface area contributed by atoms with E-state index in [-0.39, 0.29) is 35.2 Å². The molecule has 4 fully saturated rings. The standard InChI is InChI=1S/C32H58N2O7S/c1-20(8-11-29(38)33-12-6-13-34(4,5)14-7-15-42(39,40)41)25-9-10-26-31-24(19-28(37)32(25,26)3)30-21(2)16-23(35)17-22(30)18-27(31)36/h20-28,30-31,35-37H,6-19H2,1-5H3,(H-,33,38,39,40,41)/p+1/t20?,21?,22?,23-,24?,25-,26?,27?,28+,30?,31?,32-/m1/s1. The minimum absolute atomic E-state index is 0.0460. The second kappa shape index (κ2) is 13.3. The molecule has 4 saturated carbocycles. The largest absolute Gasteiger partial charge is 0.393 e. The molecule has 9 nitrogen and oxygen atoms in total. The summed E-state index contributed by atoms with van der Waals surface area (Å²) < 4.78 is 31.5. The predicted octanol–water partition coefficient (Wildman–Crippen LogP) is 3.08. The molecule has 42 heavy (non-hydrogen) atoms. The number of rotatable bonds is 12. The summed E-state index contributed by atoms with van der Waals surface area (Å²) in [6.45, 7) is 8.77. The van der Waals surface area contributed by atoms with Crippen molar-refractivity contribution < 1.29 is 37.6 Å². The molecule has 0 heterocycles. The van der Waals surface area contributed by atoms with Crippen LogP contribution in [0.5, 0.6) is 0 Å². The number of carbonyl (C=O) groups excluding carboxylic acids is 1. The van der Waals surface area contributed by atoms with Crippen molar-refractivity contribution in [2.75, 3.05) is 39.5 Å². The van der Waals surface area contributed by atoms with Gasteiger partial charge >= 0.3 is 0 Å². The molecule has 5 N–H and O–H groups in total. The molecule has 0 saturated heterocycles. The van der Waals surface area contributed by atoms with E-state index in [9.17, 15) is 28.5 Å². The predicted molar refractivity (Wildman–Crippen MR) is 163 cm³/mol. The van der Waals surface area contributed by atoms with Gasteiger partial charge in [-0.2, -0.15) is 8.42 Å². The number of quaternary nitrogens is 1. The van der Waals surface area contributed by atoms with Crippen molar-refractivity contribution in [2.24, 2.45) is 52.8 Å². The van der Waals surface area contributed by atoms with Crippen molar-refractivity contribution in [3.05, 3.63) is 0 Å². The quantitative estimate of drug-likeness (QED) is 0.129. The van der Waals surface area contributed by atoms with Gasteiger partial charge in [0.25, 0.3) is 10.1 Å². The molecule has 0 bridgehead atoms. The minimum Gasteiger partial charge on any atom is -0.393 e. The molecule has 12 atom stereocenters. The summed E-state index contributed by atoms with van der Waals surface area (Å²) in [4.78, 5) is 12.7. The molecule has 8 unspecified atom stereocenters. The summed E-state index contributed by atoms with van der Waals surface area (Å²) in [7, 11) is 0.115. The Morgan fingerprint density at radius 2 is 1.71 bits per heavy atom. The first kappa shape index (κ1) is 34.1. The number of amides is 1. The number of aliphatic hydroxyl groups excluding tert-OH is 3. The van der Waals surface area contributed by atoms with Crippen LogP contribution < -0.4 is 5.32 Å². The van der Waals surface area contributed by atoms with Crippen LogP contribution in [0.4, 0.5) is 0 Å². The smallest absolute Gasteiger partial charge is 0.265 e. The zero-order valence-corrected chi connectivity index (χ0v) is 27.4. The Bertz CT molecular complexity index is 1040. The van der Waals surface area contributed by atoms with Crippen molar-refractivity contribution in [3.63, 3.8) is 0 Å². The van der Waals surface area contributed by atoms with E-state index in [1.54, 1.807) is 0 Å². The molecule has 0 aliphatic heterocycles. The van der Waals surface area contributed by atoms with Crippen molar-refractivity contribution in [1.82, 2.24) is 5.32 Å². The number of hydrogen-bond acceptors (Lipinski definition) is 6. The van der Waals surface area contributed by atoms with Gasteiger partial charge in [-0.3, -0.25) is 9.35 Å². The van der Waals surface area contributed by atoms with Crippen LogP contribution in [0.15, 0.2) is 0 Å². The van der Waals surface area contributed by atoms with Crippen molar-refractivity contribution >= 4 is 16.0 Å². The van der Waals surface area contributed by atoms with Crippen LogP contribution in [0.3, 0.4) is 0 Å². The Morgan fingerprint density at radius 1 is 1.02 bits per heavy atom. The van der Waals surface area contributed by atoms with E-state index in [1.165, 1.54) is 0 Å². The summed E-state index contributed by atoms with van der Waals surface area (Å²) in [5.41, 5.74) is -0.249. The summed E-state index contributed by atoms with van der Waals surface area (Å²) >= 11 is 0. The van der Waals surface area contributed by atoms with Crippen LogP contribution in [0, 0.1) is 52.8 Å². The lowest BCUT2D eigenvalue weighted by Gasteiger charge is -2.60. The van der Waals surface area contributed by atoms with Gasteiger partial charge in [-0.15, -0.1) is 0 Å². The maximum absolute atomic E-state index is 12.7. The average molecular weight is 616 g/mol. The van der Waals surface area contributed by atoms with Crippen molar-refractivity contribution in [3.8, 4) is 0 Å². The topological polar surface area (TPSA) is 144 Å². The summed E-state index contributed by atoms with van der Waals surface area (Å²) in [5, 5.41) is 36.6. The summed E-state index contributed by atoms with van der Waals surface area (Å²) in [6, 6.07) is 0. The molecule has 4 aliphatic rings. The highest BCUT2D eigenvalue weighted by molar-refractivity contribution is 7.85. The van der Waals surface area contributed by atoms with Gasteiger partial charge in [-0.1, -0.05) is 20.8 Å². The summed E-state index contributed by atoms with van der Waals surface area (Å²) in [6.07, 6.45) is 6.57. The Balaban J connectivity index is 1.26. The molecule has 0 radical (unpaired) electrons. The van der Waals surface area contributed by atoms with E-state index in [1.807, 2.05) is 14.1 Å². The lowest BCUT2D eigenvalue weighted by atomic mass is 9.46. The Morgan fingerprint density at radius 3 is 2.40 bits per heavy atom. The molecule has 0 spiro atoms. The first-order chi connectivity index (χ1) is 19.5. The zero-order valence-electron chi connectivity index (χ0n) is 26.6. The van der Waals surface area contributed by atoms with Gasteiger partial charge in [-0.25, -0.2) is 0 Å². The van der Waals surface area contributed by atoms with Crippen LogP contribution >= 0.6 is 0 Å². The second-order valence-electron chi connectivity index (χ2n) is 15.6. The molecular weight excluding hydrogens is 556 g/mol. The van der Waals surface area contributed by atoms with E-state index >= 15 is 0 Å². The number of fused-ring (bicyclic) bond motifs is 5. The first-order valence-corrected chi connectivity index (χ1v) is 18.2. The van der Waals surface area contributed by atoms with Gasteiger partial charge in [-0.05, 0) is 97.7 Å². The lowest BCUT2D eigenvalue weighted by Crippen LogP contribution is -2.60. The SMILES string of the molecule is CC1C[C@@H](O)CC2CC(O)C3C(C[C@H](O)[C@@]4(C)C3CC[C@@H]4C(C)CCC(=O)NCCC[N+](C)(C)CCCS(=O)(=O)O)C12. The fourth-order valence-corrected chi connectivity index (χ4v) is 11.0.